The third-order valence-electron chi connectivity index (χ3n) is 2.67. The lowest BCUT2D eigenvalue weighted by molar-refractivity contribution is -0.116. The van der Waals surface area contributed by atoms with Crippen molar-refractivity contribution in [2.75, 3.05) is 5.32 Å². The van der Waals surface area contributed by atoms with Gasteiger partial charge in [0.25, 0.3) is 0 Å². The summed E-state index contributed by atoms with van der Waals surface area (Å²) < 4.78 is 1.06. The average molecular weight is 294 g/mol. The summed E-state index contributed by atoms with van der Waals surface area (Å²) in [6.07, 6.45) is 0. The molecule has 1 aliphatic rings. The van der Waals surface area contributed by atoms with Crippen LogP contribution in [0.3, 0.4) is 0 Å². The first-order valence-electron chi connectivity index (χ1n) is 4.91. The Morgan fingerprint density at radius 1 is 1.19 bits per heavy atom. The lowest BCUT2D eigenvalue weighted by Gasteiger charge is -2.04. The predicted octanol–water partition coefficient (Wildman–Crippen LogP) is 3.59. The van der Waals surface area contributed by atoms with Crippen LogP contribution in [0.25, 0.3) is 0 Å². The summed E-state index contributed by atoms with van der Waals surface area (Å²) in [7, 11) is 0. The Morgan fingerprint density at radius 3 is 2.75 bits per heavy atom. The van der Waals surface area contributed by atoms with Crippen LogP contribution < -0.4 is 5.32 Å². The van der Waals surface area contributed by atoms with E-state index in [4.69, 9.17) is 0 Å². The zero-order valence-electron chi connectivity index (χ0n) is 8.24. The number of thiophene rings is 1. The first-order chi connectivity index (χ1) is 7.75. The molecule has 2 aromatic rings. The molecule has 1 N–H and O–H groups in total. The number of benzene rings is 1. The normalized spacial score (nSPS) is 18.3. The minimum Gasteiger partial charge on any atom is -0.325 e. The largest absolute Gasteiger partial charge is 0.325 e. The Kier molecular flexibility index (Phi) is 2.33. The number of amides is 1. The van der Waals surface area contributed by atoms with Crippen molar-refractivity contribution in [3.63, 3.8) is 0 Å². The highest BCUT2D eigenvalue weighted by Crippen LogP contribution is 2.40. The lowest BCUT2D eigenvalue weighted by atomic mass is 9.99. The van der Waals surface area contributed by atoms with Crippen molar-refractivity contribution in [3.05, 3.63) is 50.6 Å². The number of hydrogen-bond acceptors (Lipinski definition) is 2. The highest BCUT2D eigenvalue weighted by atomic mass is 79.9. The van der Waals surface area contributed by atoms with Crippen LogP contribution in [-0.4, -0.2) is 5.91 Å². The second kappa shape index (κ2) is 3.71. The van der Waals surface area contributed by atoms with Gasteiger partial charge in [-0.1, -0.05) is 18.2 Å². The fraction of sp³-hybridized carbons (Fsp3) is 0.0833. The molecule has 80 valence electrons. The van der Waals surface area contributed by atoms with Crippen molar-refractivity contribution >= 4 is 38.9 Å². The topological polar surface area (TPSA) is 29.1 Å². The van der Waals surface area contributed by atoms with Crippen LogP contribution in [-0.2, 0) is 4.79 Å². The number of halogens is 1. The van der Waals surface area contributed by atoms with Crippen LogP contribution in [0, 0.1) is 0 Å². The molecule has 1 aliphatic heterocycles. The quantitative estimate of drug-likeness (QED) is 0.855. The van der Waals surface area contributed by atoms with Gasteiger partial charge in [0, 0.05) is 10.6 Å². The van der Waals surface area contributed by atoms with Crippen LogP contribution in [0.1, 0.15) is 16.4 Å². The van der Waals surface area contributed by atoms with Crippen molar-refractivity contribution < 1.29 is 4.79 Å². The van der Waals surface area contributed by atoms with Gasteiger partial charge in [0.05, 0.1) is 9.70 Å². The predicted molar refractivity (Wildman–Crippen MR) is 68.9 cm³/mol. The Morgan fingerprint density at radius 2 is 2.00 bits per heavy atom. The van der Waals surface area contributed by atoms with Crippen LogP contribution in [0.5, 0.6) is 0 Å². The number of rotatable bonds is 1. The number of anilines is 1. The van der Waals surface area contributed by atoms with E-state index in [1.165, 1.54) is 0 Å². The van der Waals surface area contributed by atoms with Crippen LogP contribution in [0.2, 0.25) is 0 Å². The number of carbonyl (C=O) groups excluding carboxylic acids is 1. The molecule has 4 heteroatoms. The molecule has 0 bridgehead atoms. The molecular formula is C12H8BrNOS. The average Bonchev–Trinajstić information content (AvgIpc) is 2.80. The monoisotopic (exact) mass is 293 g/mol. The molecule has 0 aliphatic carbocycles. The highest BCUT2D eigenvalue weighted by molar-refractivity contribution is 9.11. The van der Waals surface area contributed by atoms with Crippen molar-refractivity contribution in [2.45, 2.75) is 5.92 Å². The van der Waals surface area contributed by atoms with Gasteiger partial charge in [-0.3, -0.25) is 4.79 Å². The highest BCUT2D eigenvalue weighted by Gasteiger charge is 2.32. The van der Waals surface area contributed by atoms with Gasteiger partial charge >= 0.3 is 0 Å². The molecule has 0 fully saturated rings. The van der Waals surface area contributed by atoms with Gasteiger partial charge in [0.2, 0.25) is 5.91 Å². The van der Waals surface area contributed by atoms with E-state index in [1.54, 1.807) is 11.3 Å². The minimum atomic E-state index is -0.146. The van der Waals surface area contributed by atoms with Crippen LogP contribution in [0.4, 0.5) is 5.69 Å². The summed E-state index contributed by atoms with van der Waals surface area (Å²) in [6, 6.07) is 11.8. The molecule has 0 radical (unpaired) electrons. The molecular weight excluding hydrogens is 286 g/mol. The Bertz CT molecular complexity index is 564. The maximum Gasteiger partial charge on any atom is 0.237 e. The van der Waals surface area contributed by atoms with Crippen LogP contribution >= 0.6 is 27.3 Å². The molecule has 0 spiro atoms. The first kappa shape index (κ1) is 10.1. The van der Waals surface area contributed by atoms with Gasteiger partial charge in [-0.15, -0.1) is 11.3 Å². The van der Waals surface area contributed by atoms with E-state index in [-0.39, 0.29) is 11.8 Å². The molecule has 0 saturated heterocycles. The first-order valence-corrected chi connectivity index (χ1v) is 6.51. The lowest BCUT2D eigenvalue weighted by Crippen LogP contribution is -2.11. The van der Waals surface area contributed by atoms with E-state index in [2.05, 4.69) is 21.2 Å². The summed E-state index contributed by atoms with van der Waals surface area (Å²) >= 11 is 5.03. The van der Waals surface area contributed by atoms with Crippen molar-refractivity contribution in [2.24, 2.45) is 0 Å². The number of carbonyl (C=O) groups is 1. The SMILES string of the molecule is O=C1Nc2ccccc2C1c1ccc(Br)s1. The molecule has 1 atom stereocenters. The molecule has 16 heavy (non-hydrogen) atoms. The molecule has 1 amide bonds. The number of fused-ring (bicyclic) bond motifs is 1. The summed E-state index contributed by atoms with van der Waals surface area (Å²) in [6.45, 7) is 0. The Balaban J connectivity index is 2.12. The second-order valence-corrected chi connectivity index (χ2v) is 6.15. The Labute approximate surface area is 105 Å². The molecule has 1 unspecified atom stereocenters. The fourth-order valence-electron chi connectivity index (χ4n) is 1.97. The number of hydrogen-bond donors (Lipinski definition) is 1. The van der Waals surface area contributed by atoms with Crippen molar-refractivity contribution in [3.8, 4) is 0 Å². The molecule has 1 aromatic carbocycles. The zero-order valence-corrected chi connectivity index (χ0v) is 10.6. The third-order valence-corrected chi connectivity index (χ3v) is 4.36. The summed E-state index contributed by atoms with van der Waals surface area (Å²) in [4.78, 5) is 13.0. The maximum atomic E-state index is 11.9. The van der Waals surface area contributed by atoms with Gasteiger partial charge in [0.15, 0.2) is 0 Å². The number of para-hydroxylation sites is 1. The van der Waals surface area contributed by atoms with Gasteiger partial charge in [0.1, 0.15) is 0 Å². The fourth-order valence-corrected chi connectivity index (χ4v) is 3.52. The summed E-state index contributed by atoms with van der Waals surface area (Å²) in [5.41, 5.74) is 2.00. The smallest absolute Gasteiger partial charge is 0.237 e. The minimum absolute atomic E-state index is 0.0653. The number of nitrogens with one attached hydrogen (secondary N) is 1. The molecule has 3 rings (SSSR count). The van der Waals surface area contributed by atoms with Gasteiger partial charge < -0.3 is 5.32 Å². The van der Waals surface area contributed by atoms with Crippen molar-refractivity contribution in [1.82, 2.24) is 0 Å². The molecule has 2 heterocycles. The summed E-state index contributed by atoms with van der Waals surface area (Å²) in [5.74, 6) is -0.0805. The van der Waals surface area contributed by atoms with E-state index < -0.39 is 0 Å². The van der Waals surface area contributed by atoms with Gasteiger partial charge in [-0.2, -0.15) is 0 Å². The molecule has 0 saturated carbocycles. The van der Waals surface area contributed by atoms with E-state index in [0.29, 0.717) is 0 Å². The van der Waals surface area contributed by atoms with E-state index in [9.17, 15) is 4.79 Å². The van der Waals surface area contributed by atoms with Crippen molar-refractivity contribution in [1.29, 1.82) is 0 Å². The second-order valence-electron chi connectivity index (χ2n) is 3.65. The van der Waals surface area contributed by atoms with Crippen LogP contribution in [0.15, 0.2) is 40.2 Å². The zero-order chi connectivity index (χ0) is 11.1. The van der Waals surface area contributed by atoms with Gasteiger partial charge in [-0.05, 0) is 39.7 Å². The standard InChI is InChI=1S/C12H8BrNOS/c13-10-6-5-9(16-10)11-7-3-1-2-4-8(7)14-12(11)15/h1-6,11H,(H,14,15). The van der Waals surface area contributed by atoms with E-state index in [1.807, 2.05) is 36.4 Å². The third kappa shape index (κ3) is 1.49. The summed E-state index contributed by atoms with van der Waals surface area (Å²) in [5, 5.41) is 2.91. The molecule has 1 aromatic heterocycles. The van der Waals surface area contributed by atoms with E-state index >= 15 is 0 Å². The maximum absolute atomic E-state index is 11.9. The van der Waals surface area contributed by atoms with Gasteiger partial charge in [-0.25, -0.2) is 0 Å². The molecule has 2 nitrogen and oxygen atoms in total. The Hall–Kier alpha value is -1.13. The van der Waals surface area contributed by atoms with E-state index in [0.717, 1.165) is 19.9 Å².